The number of carbonyl (C=O) groups excluding carboxylic acids is 1. The molecule has 3 aromatic rings. The minimum absolute atomic E-state index is 0.0538. The predicted octanol–water partition coefficient (Wildman–Crippen LogP) is 3.88. The standard InChI is InChI=1S/C21H22N4O2S2/c1-28-17-7-4-16(5-8-17)6-9-20(26)25-12-10-24(11-13-25)15-19-22-21(27-23-19)18-3-2-14-29-18/h2-9,14H,10-13,15H2,1H3/b9-6+. The Balaban J connectivity index is 1.26. The predicted molar refractivity (Wildman–Crippen MR) is 117 cm³/mol. The number of piperazine rings is 1. The summed E-state index contributed by atoms with van der Waals surface area (Å²) in [6.07, 6.45) is 5.59. The van der Waals surface area contributed by atoms with Gasteiger partial charge in [-0.05, 0) is 41.5 Å². The van der Waals surface area contributed by atoms with Crippen molar-refractivity contribution in [3.8, 4) is 10.8 Å². The number of nitrogens with zero attached hydrogens (tertiary/aromatic N) is 4. The lowest BCUT2D eigenvalue weighted by atomic mass is 10.2. The molecule has 0 bridgehead atoms. The van der Waals surface area contributed by atoms with Gasteiger partial charge in [0, 0.05) is 37.2 Å². The fourth-order valence-electron chi connectivity index (χ4n) is 3.13. The van der Waals surface area contributed by atoms with Crippen LogP contribution in [0.2, 0.25) is 0 Å². The molecular weight excluding hydrogens is 404 g/mol. The molecule has 1 saturated heterocycles. The van der Waals surface area contributed by atoms with Gasteiger partial charge in [-0.1, -0.05) is 23.4 Å². The Labute approximate surface area is 178 Å². The van der Waals surface area contributed by atoms with Gasteiger partial charge in [-0.3, -0.25) is 9.69 Å². The van der Waals surface area contributed by atoms with Crippen LogP contribution in [0.4, 0.5) is 0 Å². The number of hydrogen-bond donors (Lipinski definition) is 0. The molecule has 1 aliphatic heterocycles. The molecule has 0 radical (unpaired) electrons. The number of thiophene rings is 1. The summed E-state index contributed by atoms with van der Waals surface area (Å²) in [4.78, 5) is 23.3. The molecule has 150 valence electrons. The lowest BCUT2D eigenvalue weighted by Crippen LogP contribution is -2.47. The summed E-state index contributed by atoms with van der Waals surface area (Å²) in [5, 5.41) is 6.07. The van der Waals surface area contributed by atoms with Gasteiger partial charge in [0.05, 0.1) is 11.4 Å². The first-order valence-electron chi connectivity index (χ1n) is 9.41. The minimum Gasteiger partial charge on any atom is -0.337 e. The van der Waals surface area contributed by atoms with Gasteiger partial charge in [-0.25, -0.2) is 0 Å². The van der Waals surface area contributed by atoms with Gasteiger partial charge in [0.25, 0.3) is 5.89 Å². The van der Waals surface area contributed by atoms with Crippen molar-refractivity contribution < 1.29 is 9.32 Å². The van der Waals surface area contributed by atoms with Gasteiger partial charge in [0.1, 0.15) is 0 Å². The molecule has 4 rings (SSSR count). The van der Waals surface area contributed by atoms with Crippen LogP contribution >= 0.6 is 23.1 Å². The van der Waals surface area contributed by atoms with Gasteiger partial charge >= 0.3 is 0 Å². The van der Waals surface area contributed by atoms with E-state index in [0.29, 0.717) is 31.3 Å². The zero-order valence-electron chi connectivity index (χ0n) is 16.2. The quantitative estimate of drug-likeness (QED) is 0.440. The summed E-state index contributed by atoms with van der Waals surface area (Å²) in [5.41, 5.74) is 1.04. The molecule has 8 heteroatoms. The Morgan fingerprint density at radius 2 is 2.00 bits per heavy atom. The van der Waals surface area contributed by atoms with Crippen LogP contribution in [-0.2, 0) is 11.3 Å². The van der Waals surface area contributed by atoms with E-state index in [1.54, 1.807) is 29.2 Å². The fraction of sp³-hybridized carbons (Fsp3) is 0.286. The van der Waals surface area contributed by atoms with Gasteiger partial charge in [0.2, 0.25) is 5.91 Å². The molecule has 0 saturated carbocycles. The zero-order chi connectivity index (χ0) is 20.1. The van der Waals surface area contributed by atoms with Crippen molar-refractivity contribution in [1.82, 2.24) is 19.9 Å². The van der Waals surface area contributed by atoms with E-state index in [1.165, 1.54) is 4.90 Å². The summed E-state index contributed by atoms with van der Waals surface area (Å²) < 4.78 is 5.35. The highest BCUT2D eigenvalue weighted by molar-refractivity contribution is 7.98. The second-order valence-electron chi connectivity index (χ2n) is 6.70. The maximum Gasteiger partial charge on any atom is 0.268 e. The number of hydrogen-bond acceptors (Lipinski definition) is 7. The van der Waals surface area contributed by atoms with E-state index in [4.69, 9.17) is 4.52 Å². The molecule has 0 aliphatic carbocycles. The Morgan fingerprint density at radius 3 is 2.69 bits per heavy atom. The van der Waals surface area contributed by atoms with E-state index in [0.717, 1.165) is 23.5 Å². The molecule has 0 atom stereocenters. The first kappa shape index (κ1) is 19.9. The van der Waals surface area contributed by atoms with Gasteiger partial charge in [-0.2, -0.15) is 4.98 Å². The summed E-state index contributed by atoms with van der Waals surface area (Å²) in [6.45, 7) is 3.62. The van der Waals surface area contributed by atoms with Crippen LogP contribution in [-0.4, -0.2) is 58.3 Å². The second kappa shape index (κ2) is 9.39. The second-order valence-corrected chi connectivity index (χ2v) is 8.53. The number of aromatic nitrogens is 2. The smallest absolute Gasteiger partial charge is 0.268 e. The maximum atomic E-state index is 12.5. The maximum absolute atomic E-state index is 12.5. The van der Waals surface area contributed by atoms with Crippen LogP contribution in [0.15, 0.2) is 57.3 Å². The van der Waals surface area contributed by atoms with Gasteiger partial charge in [0.15, 0.2) is 5.82 Å². The average Bonchev–Trinajstić information content (AvgIpc) is 3.45. The third-order valence-electron chi connectivity index (χ3n) is 4.78. The summed E-state index contributed by atoms with van der Waals surface area (Å²) in [6, 6.07) is 12.1. The van der Waals surface area contributed by atoms with Crippen LogP contribution in [0.1, 0.15) is 11.4 Å². The summed E-state index contributed by atoms with van der Waals surface area (Å²) in [5.74, 6) is 1.31. The molecule has 2 aromatic heterocycles. The van der Waals surface area contributed by atoms with Crippen molar-refractivity contribution in [3.63, 3.8) is 0 Å². The van der Waals surface area contributed by atoms with Gasteiger partial charge < -0.3 is 9.42 Å². The highest BCUT2D eigenvalue weighted by Crippen LogP contribution is 2.23. The van der Waals surface area contributed by atoms with E-state index in [2.05, 4.69) is 33.4 Å². The molecule has 0 unspecified atom stereocenters. The Morgan fingerprint density at radius 1 is 1.21 bits per heavy atom. The van der Waals surface area contributed by atoms with Crippen LogP contribution in [0.5, 0.6) is 0 Å². The molecule has 0 spiro atoms. The van der Waals surface area contributed by atoms with E-state index in [-0.39, 0.29) is 5.91 Å². The summed E-state index contributed by atoms with van der Waals surface area (Å²) >= 11 is 3.29. The number of amides is 1. The van der Waals surface area contributed by atoms with Gasteiger partial charge in [-0.15, -0.1) is 23.1 Å². The molecule has 6 nitrogen and oxygen atoms in total. The largest absolute Gasteiger partial charge is 0.337 e. The topological polar surface area (TPSA) is 62.5 Å². The van der Waals surface area contributed by atoms with Crippen LogP contribution in [0.25, 0.3) is 16.8 Å². The van der Waals surface area contributed by atoms with Crippen LogP contribution in [0, 0.1) is 0 Å². The van der Waals surface area contributed by atoms with Crippen LogP contribution in [0.3, 0.4) is 0 Å². The van der Waals surface area contributed by atoms with E-state index < -0.39 is 0 Å². The molecular formula is C21H22N4O2S2. The van der Waals surface area contributed by atoms with Crippen molar-refractivity contribution in [2.45, 2.75) is 11.4 Å². The molecule has 3 heterocycles. The lowest BCUT2D eigenvalue weighted by Gasteiger charge is -2.33. The molecule has 1 amide bonds. The lowest BCUT2D eigenvalue weighted by molar-refractivity contribution is -0.127. The van der Waals surface area contributed by atoms with Crippen LogP contribution < -0.4 is 0 Å². The first-order chi connectivity index (χ1) is 14.2. The molecule has 1 fully saturated rings. The third-order valence-corrected chi connectivity index (χ3v) is 6.38. The van der Waals surface area contributed by atoms with E-state index >= 15 is 0 Å². The SMILES string of the molecule is CSc1ccc(/C=C/C(=O)N2CCN(Cc3noc(-c4cccs4)n3)CC2)cc1. The van der Waals surface area contributed by atoms with Crippen molar-refractivity contribution in [2.24, 2.45) is 0 Å². The average molecular weight is 427 g/mol. The van der Waals surface area contributed by atoms with Crippen molar-refractivity contribution in [2.75, 3.05) is 32.4 Å². The molecule has 29 heavy (non-hydrogen) atoms. The molecule has 0 N–H and O–H groups in total. The highest BCUT2D eigenvalue weighted by Gasteiger charge is 2.21. The van der Waals surface area contributed by atoms with Crippen molar-refractivity contribution in [1.29, 1.82) is 0 Å². The zero-order valence-corrected chi connectivity index (χ0v) is 17.8. The third kappa shape index (κ3) is 5.14. The summed E-state index contributed by atoms with van der Waals surface area (Å²) in [7, 11) is 0. The minimum atomic E-state index is 0.0538. The van der Waals surface area contributed by atoms with Crippen molar-refractivity contribution >= 4 is 35.1 Å². The van der Waals surface area contributed by atoms with Crippen molar-refractivity contribution in [3.05, 3.63) is 59.2 Å². The number of carbonyl (C=O) groups is 1. The first-order valence-corrected chi connectivity index (χ1v) is 11.5. The monoisotopic (exact) mass is 426 g/mol. The Bertz CT molecular complexity index is 959. The molecule has 1 aliphatic rings. The number of benzene rings is 1. The Hall–Kier alpha value is -2.42. The normalized spacial score (nSPS) is 15.3. The van der Waals surface area contributed by atoms with E-state index in [9.17, 15) is 4.79 Å². The van der Waals surface area contributed by atoms with E-state index in [1.807, 2.05) is 40.6 Å². The number of thioether (sulfide) groups is 1. The number of rotatable bonds is 6. The Kier molecular flexibility index (Phi) is 6.43. The fourth-order valence-corrected chi connectivity index (χ4v) is 4.19. The molecule has 1 aromatic carbocycles. The highest BCUT2D eigenvalue weighted by atomic mass is 32.2.